The Morgan fingerprint density at radius 2 is 2.00 bits per heavy atom. The third kappa shape index (κ3) is 3.42. The Morgan fingerprint density at radius 3 is 2.62 bits per heavy atom. The van der Waals surface area contributed by atoms with Crippen LogP contribution in [0, 0.1) is 5.92 Å². The van der Waals surface area contributed by atoms with Crippen molar-refractivity contribution in [2.24, 2.45) is 5.92 Å². The maximum absolute atomic E-state index is 12.4. The van der Waals surface area contributed by atoms with E-state index in [-0.39, 0.29) is 18.2 Å². The quantitative estimate of drug-likeness (QED) is 0.873. The van der Waals surface area contributed by atoms with Crippen LogP contribution < -0.4 is 5.32 Å². The largest absolute Gasteiger partial charge is 0.481 e. The summed E-state index contributed by atoms with van der Waals surface area (Å²) in [5.41, 5.74) is 1.88. The van der Waals surface area contributed by atoms with Crippen LogP contribution in [0.1, 0.15) is 48.7 Å². The Kier molecular flexibility index (Phi) is 4.32. The number of carbonyl (C=O) groups excluding carboxylic acids is 1. The maximum atomic E-state index is 12.4. The molecule has 0 saturated carbocycles. The van der Waals surface area contributed by atoms with Gasteiger partial charge in [-0.3, -0.25) is 9.59 Å². The zero-order valence-corrected chi connectivity index (χ0v) is 12.6. The summed E-state index contributed by atoms with van der Waals surface area (Å²) in [6.07, 6.45) is -0.107. The van der Waals surface area contributed by atoms with E-state index in [1.165, 1.54) is 0 Å². The van der Waals surface area contributed by atoms with Gasteiger partial charge in [-0.15, -0.1) is 0 Å². The zero-order valence-electron chi connectivity index (χ0n) is 12.6. The van der Waals surface area contributed by atoms with Crippen molar-refractivity contribution >= 4 is 11.9 Å². The van der Waals surface area contributed by atoms with Crippen LogP contribution in [0.3, 0.4) is 0 Å². The molecule has 21 heavy (non-hydrogen) atoms. The Labute approximate surface area is 124 Å². The van der Waals surface area contributed by atoms with Gasteiger partial charge >= 0.3 is 5.97 Å². The first-order valence-electron chi connectivity index (χ1n) is 7.05. The number of aliphatic carboxylic acids is 1. The van der Waals surface area contributed by atoms with E-state index in [0.29, 0.717) is 18.8 Å². The third-order valence-corrected chi connectivity index (χ3v) is 4.18. The molecule has 1 aliphatic heterocycles. The Balaban J connectivity index is 2.17. The van der Waals surface area contributed by atoms with Gasteiger partial charge in [-0.2, -0.15) is 0 Å². The standard InChI is InChI=1S/C16H21NO4/c1-10(2)16(3,7-14(18)19)17-15(20)11-4-5-12-8-21-9-13(12)6-11/h4-6,10H,7-9H2,1-3H3,(H,17,20)(H,18,19). The van der Waals surface area contributed by atoms with Gasteiger partial charge in [-0.1, -0.05) is 19.9 Å². The van der Waals surface area contributed by atoms with Gasteiger partial charge in [0.05, 0.1) is 25.2 Å². The van der Waals surface area contributed by atoms with Gasteiger partial charge in [-0.05, 0) is 36.1 Å². The molecule has 0 aromatic heterocycles. The number of amides is 1. The molecule has 1 atom stereocenters. The minimum absolute atomic E-state index is 0.00955. The first-order valence-corrected chi connectivity index (χ1v) is 7.05. The van der Waals surface area contributed by atoms with Gasteiger partial charge in [0.1, 0.15) is 0 Å². The molecule has 1 aromatic rings. The van der Waals surface area contributed by atoms with Crippen molar-refractivity contribution in [2.75, 3.05) is 0 Å². The van der Waals surface area contributed by atoms with Gasteiger partial charge in [0, 0.05) is 5.56 Å². The average molecular weight is 291 g/mol. The van der Waals surface area contributed by atoms with Crippen molar-refractivity contribution < 1.29 is 19.4 Å². The lowest BCUT2D eigenvalue weighted by Gasteiger charge is -2.33. The van der Waals surface area contributed by atoms with E-state index in [0.717, 1.165) is 11.1 Å². The molecule has 1 unspecified atom stereocenters. The fourth-order valence-corrected chi connectivity index (χ4v) is 2.35. The number of carbonyl (C=O) groups is 2. The SMILES string of the molecule is CC(C)C(C)(CC(=O)O)NC(=O)c1ccc2c(c1)COC2. The van der Waals surface area contributed by atoms with Gasteiger partial charge < -0.3 is 15.2 Å². The van der Waals surface area contributed by atoms with Crippen LogP contribution in [0.2, 0.25) is 0 Å². The van der Waals surface area contributed by atoms with E-state index < -0.39 is 11.5 Å². The van der Waals surface area contributed by atoms with Gasteiger partial charge in [0.25, 0.3) is 5.91 Å². The molecule has 0 fully saturated rings. The number of fused-ring (bicyclic) bond motifs is 1. The van der Waals surface area contributed by atoms with Crippen LogP contribution in [-0.2, 0) is 22.7 Å². The second-order valence-electron chi connectivity index (χ2n) is 6.07. The lowest BCUT2D eigenvalue weighted by molar-refractivity contribution is -0.138. The predicted molar refractivity (Wildman–Crippen MR) is 77.9 cm³/mol. The smallest absolute Gasteiger partial charge is 0.305 e. The molecule has 2 rings (SSSR count). The highest BCUT2D eigenvalue weighted by molar-refractivity contribution is 5.95. The van der Waals surface area contributed by atoms with E-state index in [9.17, 15) is 9.59 Å². The second kappa shape index (κ2) is 5.85. The molecule has 0 bridgehead atoms. The summed E-state index contributed by atoms with van der Waals surface area (Å²) in [7, 11) is 0. The molecule has 2 N–H and O–H groups in total. The summed E-state index contributed by atoms with van der Waals surface area (Å²) in [6.45, 7) is 6.67. The van der Waals surface area contributed by atoms with Gasteiger partial charge in [0.15, 0.2) is 0 Å². The van der Waals surface area contributed by atoms with Crippen LogP contribution >= 0.6 is 0 Å². The van der Waals surface area contributed by atoms with Crippen molar-refractivity contribution in [1.82, 2.24) is 5.32 Å². The van der Waals surface area contributed by atoms with Gasteiger partial charge in [0.2, 0.25) is 0 Å². The van der Waals surface area contributed by atoms with Crippen LogP contribution in [0.25, 0.3) is 0 Å². The van der Waals surface area contributed by atoms with Crippen molar-refractivity contribution in [3.05, 3.63) is 34.9 Å². The molecule has 0 spiro atoms. The molecule has 0 radical (unpaired) electrons. The number of hydrogen-bond acceptors (Lipinski definition) is 3. The van der Waals surface area contributed by atoms with Crippen LogP contribution in [0.4, 0.5) is 0 Å². The number of carboxylic acids is 1. The predicted octanol–water partition coefficient (Wildman–Crippen LogP) is 2.34. The van der Waals surface area contributed by atoms with E-state index >= 15 is 0 Å². The number of hydrogen-bond donors (Lipinski definition) is 2. The normalized spacial score (nSPS) is 16.4. The second-order valence-corrected chi connectivity index (χ2v) is 6.07. The zero-order chi connectivity index (χ0) is 15.6. The number of benzene rings is 1. The minimum atomic E-state index is -0.922. The molecule has 5 heteroatoms. The van der Waals surface area contributed by atoms with Gasteiger partial charge in [-0.25, -0.2) is 0 Å². The molecule has 1 heterocycles. The average Bonchev–Trinajstić information content (AvgIpc) is 2.84. The maximum Gasteiger partial charge on any atom is 0.305 e. The van der Waals surface area contributed by atoms with E-state index in [1.807, 2.05) is 26.0 Å². The topological polar surface area (TPSA) is 75.6 Å². The van der Waals surface area contributed by atoms with Crippen molar-refractivity contribution in [3.63, 3.8) is 0 Å². The third-order valence-electron chi connectivity index (χ3n) is 4.18. The molecule has 1 amide bonds. The van der Waals surface area contributed by atoms with E-state index in [4.69, 9.17) is 9.84 Å². The minimum Gasteiger partial charge on any atom is -0.481 e. The van der Waals surface area contributed by atoms with Crippen LogP contribution in [0.5, 0.6) is 0 Å². The molecule has 1 aromatic carbocycles. The summed E-state index contributed by atoms with van der Waals surface area (Å²) < 4.78 is 5.33. The summed E-state index contributed by atoms with van der Waals surface area (Å²) in [6, 6.07) is 5.46. The summed E-state index contributed by atoms with van der Waals surface area (Å²) in [5.74, 6) is -1.16. The van der Waals surface area contributed by atoms with E-state index in [2.05, 4.69) is 5.32 Å². The number of rotatable bonds is 5. The van der Waals surface area contributed by atoms with Crippen molar-refractivity contribution in [2.45, 2.75) is 45.9 Å². The first kappa shape index (κ1) is 15.5. The van der Waals surface area contributed by atoms with Crippen LogP contribution in [0.15, 0.2) is 18.2 Å². The summed E-state index contributed by atoms with van der Waals surface area (Å²) in [5, 5.41) is 11.9. The molecular formula is C16H21NO4. The number of carboxylic acid groups (broad SMARTS) is 1. The monoisotopic (exact) mass is 291 g/mol. The number of nitrogens with one attached hydrogen (secondary N) is 1. The molecule has 114 valence electrons. The van der Waals surface area contributed by atoms with Crippen molar-refractivity contribution in [3.8, 4) is 0 Å². The summed E-state index contributed by atoms with van der Waals surface area (Å²) in [4.78, 5) is 23.4. The highest BCUT2D eigenvalue weighted by Crippen LogP contribution is 2.24. The molecular weight excluding hydrogens is 270 g/mol. The molecule has 0 saturated heterocycles. The highest BCUT2D eigenvalue weighted by atomic mass is 16.5. The fraction of sp³-hybridized carbons (Fsp3) is 0.500. The fourth-order valence-electron chi connectivity index (χ4n) is 2.35. The Bertz CT molecular complexity index is 567. The summed E-state index contributed by atoms with van der Waals surface area (Å²) >= 11 is 0. The molecule has 1 aliphatic rings. The Hall–Kier alpha value is -1.88. The van der Waals surface area contributed by atoms with Crippen molar-refractivity contribution in [1.29, 1.82) is 0 Å². The van der Waals surface area contributed by atoms with E-state index in [1.54, 1.807) is 13.0 Å². The lowest BCUT2D eigenvalue weighted by Crippen LogP contribution is -2.51. The first-order chi connectivity index (χ1) is 9.82. The molecule has 5 nitrogen and oxygen atoms in total. The number of ether oxygens (including phenoxy) is 1. The Morgan fingerprint density at radius 1 is 1.33 bits per heavy atom. The van der Waals surface area contributed by atoms with Crippen LogP contribution in [-0.4, -0.2) is 22.5 Å². The lowest BCUT2D eigenvalue weighted by atomic mass is 9.85. The highest BCUT2D eigenvalue weighted by Gasteiger charge is 2.33. The molecule has 0 aliphatic carbocycles.